The molecule has 0 saturated carbocycles. The van der Waals surface area contributed by atoms with Crippen molar-refractivity contribution in [1.29, 1.82) is 0 Å². The van der Waals surface area contributed by atoms with Crippen molar-refractivity contribution in [1.82, 2.24) is 0 Å². The minimum absolute atomic E-state index is 0.0831. The van der Waals surface area contributed by atoms with Crippen LogP contribution in [0.5, 0.6) is 5.75 Å². The fourth-order valence-corrected chi connectivity index (χ4v) is 1.90. The van der Waals surface area contributed by atoms with Crippen molar-refractivity contribution in [2.75, 3.05) is 10.6 Å². The van der Waals surface area contributed by atoms with E-state index in [1.807, 2.05) is 0 Å². The third kappa shape index (κ3) is 4.05. The molecule has 3 N–H and O–H groups in total. The van der Waals surface area contributed by atoms with E-state index in [-0.39, 0.29) is 16.5 Å². The summed E-state index contributed by atoms with van der Waals surface area (Å²) in [6.45, 7) is 0. The lowest BCUT2D eigenvalue weighted by atomic mass is 10.1. The molecule has 0 atom stereocenters. The minimum atomic E-state index is -4.65. The van der Waals surface area contributed by atoms with Crippen molar-refractivity contribution in [3.8, 4) is 5.75 Å². The van der Waals surface area contributed by atoms with Gasteiger partial charge < -0.3 is 15.7 Å². The number of hydrogen-bond acceptors (Lipinski definition) is 2. The number of halogens is 4. The first-order valence-corrected chi connectivity index (χ1v) is 6.37. The number of benzene rings is 2. The van der Waals surface area contributed by atoms with E-state index in [9.17, 15) is 23.1 Å². The first-order chi connectivity index (χ1) is 10.3. The normalized spacial score (nSPS) is 11.1. The van der Waals surface area contributed by atoms with Gasteiger partial charge in [-0.15, -0.1) is 0 Å². The van der Waals surface area contributed by atoms with Gasteiger partial charge in [-0.05, 0) is 30.3 Å². The number of alkyl halides is 3. The number of carbonyl (C=O) groups is 1. The summed E-state index contributed by atoms with van der Waals surface area (Å²) >= 11 is 5.55. The van der Waals surface area contributed by atoms with Crippen molar-refractivity contribution in [2.24, 2.45) is 0 Å². The smallest absolute Gasteiger partial charge is 0.418 e. The predicted molar refractivity (Wildman–Crippen MR) is 77.2 cm³/mol. The second kappa shape index (κ2) is 6.15. The highest BCUT2D eigenvalue weighted by atomic mass is 35.5. The number of amides is 2. The monoisotopic (exact) mass is 330 g/mol. The first kappa shape index (κ1) is 16.0. The van der Waals surface area contributed by atoms with Crippen molar-refractivity contribution in [2.45, 2.75) is 6.18 Å². The van der Waals surface area contributed by atoms with Crippen LogP contribution < -0.4 is 10.6 Å². The molecule has 2 aromatic carbocycles. The molecule has 0 aliphatic rings. The Bertz CT molecular complexity index is 705. The SMILES string of the molecule is O=C(Nc1cccc(O)c1)Nc1ccc(Cl)cc1C(F)(F)F. The Balaban J connectivity index is 2.18. The maximum absolute atomic E-state index is 12.9. The Hall–Kier alpha value is -2.41. The third-order valence-electron chi connectivity index (χ3n) is 2.64. The number of carbonyl (C=O) groups excluding carboxylic acids is 1. The zero-order valence-corrected chi connectivity index (χ0v) is 11.7. The predicted octanol–water partition coefficient (Wildman–Crippen LogP) is 4.71. The van der Waals surface area contributed by atoms with Crippen molar-refractivity contribution in [3.63, 3.8) is 0 Å². The van der Waals surface area contributed by atoms with E-state index in [0.29, 0.717) is 0 Å². The lowest BCUT2D eigenvalue weighted by molar-refractivity contribution is -0.136. The summed E-state index contributed by atoms with van der Waals surface area (Å²) < 4.78 is 38.7. The second-order valence-corrected chi connectivity index (χ2v) is 4.75. The molecule has 0 saturated heterocycles. The van der Waals surface area contributed by atoms with Gasteiger partial charge in [0.15, 0.2) is 0 Å². The highest BCUT2D eigenvalue weighted by molar-refractivity contribution is 6.30. The van der Waals surface area contributed by atoms with E-state index in [0.717, 1.165) is 12.1 Å². The molecule has 8 heteroatoms. The van der Waals surface area contributed by atoms with Crippen LogP contribution in [0.2, 0.25) is 5.02 Å². The lowest BCUT2D eigenvalue weighted by Crippen LogP contribution is -2.21. The fraction of sp³-hybridized carbons (Fsp3) is 0.0714. The third-order valence-corrected chi connectivity index (χ3v) is 2.87. The number of aromatic hydroxyl groups is 1. The lowest BCUT2D eigenvalue weighted by Gasteiger charge is -2.14. The molecule has 0 heterocycles. The molecule has 22 heavy (non-hydrogen) atoms. The van der Waals surface area contributed by atoms with Gasteiger partial charge in [-0.25, -0.2) is 4.79 Å². The van der Waals surface area contributed by atoms with Gasteiger partial charge in [-0.1, -0.05) is 17.7 Å². The summed E-state index contributed by atoms with van der Waals surface area (Å²) in [6, 6.07) is 7.76. The van der Waals surface area contributed by atoms with Gasteiger partial charge in [0, 0.05) is 16.8 Å². The average Bonchev–Trinajstić information content (AvgIpc) is 2.39. The first-order valence-electron chi connectivity index (χ1n) is 5.99. The molecule has 0 radical (unpaired) electrons. The molecule has 0 aliphatic heterocycles. The number of phenols is 1. The van der Waals surface area contributed by atoms with Gasteiger partial charge in [-0.3, -0.25) is 0 Å². The molecule has 2 rings (SSSR count). The van der Waals surface area contributed by atoms with Crippen LogP contribution in [-0.4, -0.2) is 11.1 Å². The average molecular weight is 331 g/mol. The van der Waals surface area contributed by atoms with E-state index >= 15 is 0 Å². The molecule has 0 spiro atoms. The van der Waals surface area contributed by atoms with E-state index in [1.165, 1.54) is 30.3 Å². The summed E-state index contributed by atoms with van der Waals surface area (Å²) in [7, 11) is 0. The highest BCUT2D eigenvalue weighted by Crippen LogP contribution is 2.36. The fourth-order valence-electron chi connectivity index (χ4n) is 1.73. The van der Waals surface area contributed by atoms with Gasteiger partial charge in [0.05, 0.1) is 11.3 Å². The number of urea groups is 1. The summed E-state index contributed by atoms with van der Waals surface area (Å²) in [6.07, 6.45) is -4.65. The summed E-state index contributed by atoms with van der Waals surface area (Å²) in [5.41, 5.74) is -1.24. The van der Waals surface area contributed by atoms with E-state index < -0.39 is 23.5 Å². The molecule has 2 aromatic rings. The van der Waals surface area contributed by atoms with Crippen LogP contribution in [0.15, 0.2) is 42.5 Å². The van der Waals surface area contributed by atoms with Gasteiger partial charge in [0.1, 0.15) is 5.75 Å². The van der Waals surface area contributed by atoms with Crippen molar-refractivity contribution in [3.05, 3.63) is 53.1 Å². The molecule has 0 aliphatic carbocycles. The molecule has 0 fully saturated rings. The van der Waals surface area contributed by atoms with Crippen molar-refractivity contribution < 1.29 is 23.1 Å². The van der Waals surface area contributed by atoms with Gasteiger partial charge in [-0.2, -0.15) is 13.2 Å². The van der Waals surface area contributed by atoms with Crippen LogP contribution in [0.1, 0.15) is 5.56 Å². The molecular formula is C14H10ClF3N2O2. The molecule has 2 amide bonds. The van der Waals surface area contributed by atoms with E-state index in [4.69, 9.17) is 11.6 Å². The standard InChI is InChI=1S/C14H10ClF3N2O2/c15-8-4-5-12(11(6-8)14(16,17)18)20-13(22)19-9-2-1-3-10(21)7-9/h1-7,21H,(H2,19,20,22). The second-order valence-electron chi connectivity index (χ2n) is 4.32. The molecular weight excluding hydrogens is 321 g/mol. The Morgan fingerprint density at radius 1 is 1.09 bits per heavy atom. The van der Waals surface area contributed by atoms with E-state index in [2.05, 4.69) is 10.6 Å². The quantitative estimate of drug-likeness (QED) is 0.747. The Labute approximate surface area is 128 Å². The van der Waals surface area contributed by atoms with Crippen LogP contribution in [0.25, 0.3) is 0 Å². The number of hydrogen-bond donors (Lipinski definition) is 3. The van der Waals surface area contributed by atoms with Crippen LogP contribution in [0.3, 0.4) is 0 Å². The molecule has 0 bridgehead atoms. The number of rotatable bonds is 2. The molecule has 116 valence electrons. The van der Waals surface area contributed by atoms with Gasteiger partial charge in [0.25, 0.3) is 0 Å². The number of nitrogens with one attached hydrogen (secondary N) is 2. The number of anilines is 2. The zero-order valence-electron chi connectivity index (χ0n) is 10.9. The maximum Gasteiger partial charge on any atom is 0.418 e. The summed E-state index contributed by atoms with van der Waals surface area (Å²) in [5, 5.41) is 13.6. The van der Waals surface area contributed by atoms with Gasteiger partial charge >= 0.3 is 12.2 Å². The maximum atomic E-state index is 12.9. The molecule has 4 nitrogen and oxygen atoms in total. The van der Waals surface area contributed by atoms with Crippen LogP contribution in [0, 0.1) is 0 Å². The number of phenolic OH excluding ortho intramolecular Hbond substituents is 1. The largest absolute Gasteiger partial charge is 0.508 e. The summed E-state index contributed by atoms with van der Waals surface area (Å²) in [4.78, 5) is 11.8. The van der Waals surface area contributed by atoms with Crippen LogP contribution >= 0.6 is 11.6 Å². The zero-order chi connectivity index (χ0) is 16.3. The van der Waals surface area contributed by atoms with E-state index in [1.54, 1.807) is 0 Å². The Kier molecular flexibility index (Phi) is 4.46. The minimum Gasteiger partial charge on any atom is -0.508 e. The Morgan fingerprint density at radius 2 is 1.82 bits per heavy atom. The van der Waals surface area contributed by atoms with Gasteiger partial charge in [0.2, 0.25) is 0 Å². The summed E-state index contributed by atoms with van der Waals surface area (Å²) in [5.74, 6) is -0.0831. The Morgan fingerprint density at radius 3 is 2.45 bits per heavy atom. The van der Waals surface area contributed by atoms with Crippen molar-refractivity contribution >= 4 is 29.0 Å². The highest BCUT2D eigenvalue weighted by Gasteiger charge is 2.34. The topological polar surface area (TPSA) is 61.4 Å². The molecule has 0 unspecified atom stereocenters. The van der Waals surface area contributed by atoms with Crippen LogP contribution in [0.4, 0.5) is 29.3 Å². The van der Waals surface area contributed by atoms with Crippen LogP contribution in [-0.2, 0) is 6.18 Å². The molecule has 0 aromatic heterocycles.